The number of methoxy groups -OCH3 is 1. The number of hydrogen-bond donors (Lipinski definition) is 0. The van der Waals surface area contributed by atoms with Gasteiger partial charge in [0.25, 0.3) is 0 Å². The first-order valence-electron chi connectivity index (χ1n) is 12.3. The van der Waals surface area contributed by atoms with Gasteiger partial charge in [0.2, 0.25) is 0 Å². The molecular weight excluding hydrogens is 474 g/mol. The van der Waals surface area contributed by atoms with Crippen LogP contribution in [0, 0.1) is 25.7 Å². The van der Waals surface area contributed by atoms with Gasteiger partial charge in [-0.2, -0.15) is 0 Å². The summed E-state index contributed by atoms with van der Waals surface area (Å²) >= 11 is 0. The molecule has 38 heavy (non-hydrogen) atoms. The quantitative estimate of drug-likeness (QED) is 0.213. The van der Waals surface area contributed by atoms with E-state index in [0.29, 0.717) is 18.1 Å². The Hall–Kier alpha value is -4.82. The molecule has 1 aromatic heterocycles. The maximum atomic E-state index is 11.3. The van der Waals surface area contributed by atoms with E-state index in [4.69, 9.17) is 9.47 Å². The molecule has 0 unspecified atom stereocenters. The fourth-order valence-electron chi connectivity index (χ4n) is 3.73. The molecule has 0 aliphatic rings. The highest BCUT2D eigenvalue weighted by Crippen LogP contribution is 2.26. The molecular formula is C33H29NO4. The summed E-state index contributed by atoms with van der Waals surface area (Å²) in [5.41, 5.74) is 6.99. The highest BCUT2D eigenvalue weighted by atomic mass is 16.6. The Morgan fingerprint density at radius 1 is 0.868 bits per heavy atom. The summed E-state index contributed by atoms with van der Waals surface area (Å²) in [6, 6.07) is 27.8. The van der Waals surface area contributed by atoms with Crippen molar-refractivity contribution < 1.29 is 19.0 Å². The Morgan fingerprint density at radius 3 is 2.26 bits per heavy atom. The van der Waals surface area contributed by atoms with E-state index in [9.17, 15) is 4.79 Å². The minimum absolute atomic E-state index is 0.131. The molecule has 0 aliphatic heterocycles. The lowest BCUT2D eigenvalue weighted by Gasteiger charge is -2.12. The van der Waals surface area contributed by atoms with Crippen molar-refractivity contribution in [3.8, 4) is 23.3 Å². The van der Waals surface area contributed by atoms with Crippen LogP contribution in [0.5, 0.6) is 11.5 Å². The van der Waals surface area contributed by atoms with Crippen LogP contribution in [-0.2, 0) is 9.53 Å². The minimum Gasteiger partial charge on any atom is -0.489 e. The largest absolute Gasteiger partial charge is 0.489 e. The molecule has 0 radical (unpaired) electrons. The number of hydrogen-bond acceptors (Lipinski definition) is 5. The van der Waals surface area contributed by atoms with Crippen LogP contribution in [-0.4, -0.2) is 31.3 Å². The van der Waals surface area contributed by atoms with Crippen molar-refractivity contribution in [3.63, 3.8) is 0 Å². The van der Waals surface area contributed by atoms with Crippen LogP contribution in [0.15, 0.2) is 97.2 Å². The second-order valence-electron chi connectivity index (χ2n) is 8.63. The Kier molecular flexibility index (Phi) is 8.93. The van der Waals surface area contributed by atoms with E-state index in [0.717, 1.165) is 33.5 Å². The summed E-state index contributed by atoms with van der Waals surface area (Å²) in [7, 11) is 1.33. The Morgan fingerprint density at radius 2 is 1.61 bits per heavy atom. The Balaban J connectivity index is 1.50. The summed E-state index contributed by atoms with van der Waals surface area (Å²) in [5, 5.41) is 0. The summed E-state index contributed by atoms with van der Waals surface area (Å²) in [6.07, 6.45) is 3.82. The zero-order chi connectivity index (χ0) is 26.7. The molecule has 4 rings (SSSR count). The molecule has 0 fully saturated rings. The third-order valence-electron chi connectivity index (χ3n) is 5.82. The Bertz CT molecular complexity index is 1460. The number of benzene rings is 3. The number of aromatic nitrogens is 1. The fraction of sp³-hybridized carbons (Fsp3) is 0.152. The van der Waals surface area contributed by atoms with Crippen molar-refractivity contribution in [2.24, 2.45) is 0 Å². The van der Waals surface area contributed by atoms with Crippen molar-refractivity contribution in [1.29, 1.82) is 0 Å². The minimum atomic E-state index is -0.424. The average molecular weight is 504 g/mol. The van der Waals surface area contributed by atoms with Gasteiger partial charge in [0.05, 0.1) is 7.11 Å². The predicted molar refractivity (Wildman–Crippen MR) is 149 cm³/mol. The van der Waals surface area contributed by atoms with E-state index in [2.05, 4.69) is 71.0 Å². The molecule has 0 saturated heterocycles. The summed E-state index contributed by atoms with van der Waals surface area (Å²) in [5.74, 6) is 7.18. The molecule has 0 saturated carbocycles. The first kappa shape index (κ1) is 26.2. The standard InChI is InChI=1S/C33H29NO4/c1-24-7-12-27(13-8-24)31(28-14-9-26(10-15-28)11-16-29-6-4-5-20-34-29)19-21-37-30-17-18-32(25(2)22-30)38-23-33(35)36-3/h4-10,12-15,17-20,22H,21,23H2,1-3H3/b31-19-. The van der Waals surface area contributed by atoms with Gasteiger partial charge < -0.3 is 14.2 Å². The zero-order valence-corrected chi connectivity index (χ0v) is 21.7. The number of esters is 1. The molecule has 1 heterocycles. The van der Waals surface area contributed by atoms with Crippen LogP contribution in [0.1, 0.15) is 33.5 Å². The molecule has 5 nitrogen and oxygen atoms in total. The topological polar surface area (TPSA) is 57.7 Å². The number of carbonyl (C=O) groups is 1. The molecule has 3 aromatic carbocycles. The molecule has 0 N–H and O–H groups in total. The number of ether oxygens (including phenoxy) is 3. The smallest absolute Gasteiger partial charge is 0.343 e. The molecule has 190 valence electrons. The van der Waals surface area contributed by atoms with Gasteiger partial charge in [-0.05, 0) is 90.6 Å². The summed E-state index contributed by atoms with van der Waals surface area (Å²) < 4.78 is 16.2. The first-order valence-corrected chi connectivity index (χ1v) is 12.3. The third-order valence-corrected chi connectivity index (χ3v) is 5.82. The molecule has 0 spiro atoms. The number of rotatable bonds is 8. The summed E-state index contributed by atoms with van der Waals surface area (Å²) in [6.45, 7) is 4.23. The number of nitrogens with zero attached hydrogens (tertiary/aromatic N) is 1. The van der Waals surface area contributed by atoms with Gasteiger partial charge in [-0.25, -0.2) is 9.78 Å². The lowest BCUT2D eigenvalue weighted by atomic mass is 9.96. The van der Waals surface area contributed by atoms with Gasteiger partial charge in [-0.15, -0.1) is 0 Å². The second-order valence-corrected chi connectivity index (χ2v) is 8.63. The maximum absolute atomic E-state index is 11.3. The average Bonchev–Trinajstić information content (AvgIpc) is 2.95. The van der Waals surface area contributed by atoms with Crippen LogP contribution in [0.3, 0.4) is 0 Å². The van der Waals surface area contributed by atoms with Gasteiger partial charge in [0.1, 0.15) is 23.8 Å². The number of pyridine rings is 1. The fourth-order valence-corrected chi connectivity index (χ4v) is 3.73. The third kappa shape index (κ3) is 7.35. The first-order chi connectivity index (χ1) is 18.5. The van der Waals surface area contributed by atoms with E-state index < -0.39 is 5.97 Å². The van der Waals surface area contributed by atoms with Crippen molar-refractivity contribution in [2.45, 2.75) is 13.8 Å². The zero-order valence-electron chi connectivity index (χ0n) is 21.7. The van der Waals surface area contributed by atoms with Gasteiger partial charge in [0, 0.05) is 11.8 Å². The van der Waals surface area contributed by atoms with Crippen LogP contribution in [0.4, 0.5) is 0 Å². The van der Waals surface area contributed by atoms with Gasteiger partial charge in [-0.3, -0.25) is 0 Å². The van der Waals surface area contributed by atoms with Gasteiger partial charge >= 0.3 is 5.97 Å². The predicted octanol–water partition coefficient (Wildman–Crippen LogP) is 6.16. The molecule has 0 amide bonds. The van der Waals surface area contributed by atoms with Gasteiger partial charge in [0.15, 0.2) is 6.61 Å². The monoisotopic (exact) mass is 503 g/mol. The van der Waals surface area contributed by atoms with Crippen LogP contribution >= 0.6 is 0 Å². The lowest BCUT2D eigenvalue weighted by molar-refractivity contribution is -0.142. The lowest BCUT2D eigenvalue weighted by Crippen LogP contribution is -2.13. The van der Waals surface area contributed by atoms with E-state index >= 15 is 0 Å². The SMILES string of the molecule is COC(=O)COc1ccc(OC/C=C(/c2ccc(C)cc2)c2ccc(C#Cc3ccccn3)cc2)cc1C. The van der Waals surface area contributed by atoms with Crippen molar-refractivity contribution >= 4 is 11.5 Å². The van der Waals surface area contributed by atoms with Crippen molar-refractivity contribution in [1.82, 2.24) is 4.98 Å². The maximum Gasteiger partial charge on any atom is 0.343 e. The van der Waals surface area contributed by atoms with E-state index in [1.165, 1.54) is 12.7 Å². The number of carbonyl (C=O) groups excluding carboxylic acids is 1. The summed E-state index contributed by atoms with van der Waals surface area (Å²) in [4.78, 5) is 15.6. The highest BCUT2D eigenvalue weighted by Gasteiger charge is 2.08. The van der Waals surface area contributed by atoms with E-state index in [1.807, 2.05) is 49.4 Å². The van der Waals surface area contributed by atoms with E-state index in [1.54, 1.807) is 12.3 Å². The molecule has 4 aromatic rings. The van der Waals surface area contributed by atoms with E-state index in [-0.39, 0.29) is 6.61 Å². The molecule has 0 atom stereocenters. The van der Waals surface area contributed by atoms with Gasteiger partial charge in [-0.1, -0.05) is 53.9 Å². The molecule has 0 bridgehead atoms. The van der Waals surface area contributed by atoms with Crippen LogP contribution in [0.25, 0.3) is 5.57 Å². The van der Waals surface area contributed by atoms with Crippen molar-refractivity contribution in [3.05, 3.63) is 131 Å². The molecule has 5 heteroatoms. The van der Waals surface area contributed by atoms with Crippen LogP contribution in [0.2, 0.25) is 0 Å². The molecule has 0 aliphatic carbocycles. The van der Waals surface area contributed by atoms with Crippen LogP contribution < -0.4 is 9.47 Å². The number of aryl methyl sites for hydroxylation is 2. The Labute approximate surface area is 223 Å². The van der Waals surface area contributed by atoms with Crippen molar-refractivity contribution in [2.75, 3.05) is 20.3 Å². The highest BCUT2D eigenvalue weighted by molar-refractivity contribution is 5.80. The normalized spacial score (nSPS) is 10.8. The second kappa shape index (κ2) is 12.9.